The van der Waals surface area contributed by atoms with Crippen molar-refractivity contribution in [3.05, 3.63) is 33.8 Å². The monoisotopic (exact) mass is 245 g/mol. The number of hydrogen-bond acceptors (Lipinski definition) is 3. The number of aliphatic hydroxyl groups is 1. The summed E-state index contributed by atoms with van der Waals surface area (Å²) >= 11 is 11.7. The third-order valence-electron chi connectivity index (χ3n) is 1.73. The van der Waals surface area contributed by atoms with Gasteiger partial charge in [0.2, 0.25) is 0 Å². The first-order chi connectivity index (χ1) is 7.19. The maximum Gasteiger partial charge on any atom is 0.170 e. The summed E-state index contributed by atoms with van der Waals surface area (Å²) in [5.41, 5.74) is 0.514. The minimum absolute atomic E-state index is 0.0844. The zero-order valence-corrected chi connectivity index (χ0v) is 9.29. The molecule has 5 heteroatoms. The Bertz CT molecular complexity index is 376. The van der Waals surface area contributed by atoms with Crippen molar-refractivity contribution >= 4 is 23.2 Å². The average molecular weight is 246 g/mol. The minimum atomic E-state index is -0.802. The lowest BCUT2D eigenvalue weighted by Crippen LogP contribution is -2.06. The standard InChI is InChI=1S/C10H9Cl2NO2/c11-7-1-2-9(12)8(5-7)10(6-13)15-4-3-14/h1-2,5,10,14H,3-4H2. The normalized spacial score (nSPS) is 12.1. The fraction of sp³-hybridized carbons (Fsp3) is 0.300. The number of hydrogen-bond donors (Lipinski definition) is 1. The van der Waals surface area contributed by atoms with Crippen LogP contribution in [0.4, 0.5) is 0 Å². The van der Waals surface area contributed by atoms with Crippen LogP contribution in [0, 0.1) is 11.3 Å². The van der Waals surface area contributed by atoms with E-state index in [1.807, 2.05) is 6.07 Å². The van der Waals surface area contributed by atoms with Crippen LogP contribution in [0.15, 0.2) is 18.2 Å². The summed E-state index contributed by atoms with van der Waals surface area (Å²) in [7, 11) is 0. The second kappa shape index (κ2) is 5.94. The molecule has 0 saturated heterocycles. The fourth-order valence-corrected chi connectivity index (χ4v) is 1.48. The van der Waals surface area contributed by atoms with E-state index in [9.17, 15) is 0 Å². The van der Waals surface area contributed by atoms with E-state index < -0.39 is 6.10 Å². The summed E-state index contributed by atoms with van der Waals surface area (Å²) in [6.07, 6.45) is -0.802. The Labute approximate surface area is 97.8 Å². The van der Waals surface area contributed by atoms with Crippen molar-refractivity contribution < 1.29 is 9.84 Å². The summed E-state index contributed by atoms with van der Waals surface area (Å²) in [5.74, 6) is 0. The molecule has 1 N–H and O–H groups in total. The fourth-order valence-electron chi connectivity index (χ4n) is 1.08. The highest BCUT2D eigenvalue weighted by Gasteiger charge is 2.14. The van der Waals surface area contributed by atoms with Gasteiger partial charge in [-0.2, -0.15) is 5.26 Å². The molecule has 0 aromatic heterocycles. The van der Waals surface area contributed by atoms with Gasteiger partial charge >= 0.3 is 0 Å². The maximum atomic E-state index is 8.86. The highest BCUT2D eigenvalue weighted by Crippen LogP contribution is 2.28. The quantitative estimate of drug-likeness (QED) is 0.888. The van der Waals surface area contributed by atoms with Crippen molar-refractivity contribution in [1.82, 2.24) is 0 Å². The van der Waals surface area contributed by atoms with Crippen LogP contribution in [-0.4, -0.2) is 18.3 Å². The van der Waals surface area contributed by atoms with Crippen molar-refractivity contribution in [2.45, 2.75) is 6.10 Å². The predicted molar refractivity (Wildman–Crippen MR) is 57.9 cm³/mol. The lowest BCUT2D eigenvalue weighted by molar-refractivity contribution is 0.0582. The van der Waals surface area contributed by atoms with Crippen molar-refractivity contribution in [2.24, 2.45) is 0 Å². The Balaban J connectivity index is 2.91. The molecule has 0 heterocycles. The summed E-state index contributed by atoms with van der Waals surface area (Å²) in [6.45, 7) is -0.0581. The van der Waals surface area contributed by atoms with Crippen molar-refractivity contribution in [1.29, 1.82) is 5.26 Å². The van der Waals surface area contributed by atoms with E-state index in [2.05, 4.69) is 0 Å². The van der Waals surface area contributed by atoms with Gasteiger partial charge in [0.1, 0.15) is 0 Å². The molecule has 1 rings (SSSR count). The minimum Gasteiger partial charge on any atom is -0.394 e. The number of nitrogens with zero attached hydrogens (tertiary/aromatic N) is 1. The van der Waals surface area contributed by atoms with E-state index in [0.717, 1.165) is 0 Å². The lowest BCUT2D eigenvalue weighted by atomic mass is 10.1. The van der Waals surface area contributed by atoms with Crippen LogP contribution in [-0.2, 0) is 4.74 Å². The summed E-state index contributed by atoms with van der Waals surface area (Å²) in [6, 6.07) is 6.76. The Morgan fingerprint density at radius 3 is 2.80 bits per heavy atom. The van der Waals surface area contributed by atoms with Gasteiger partial charge in [-0.05, 0) is 18.2 Å². The number of benzene rings is 1. The molecule has 1 aromatic carbocycles. The van der Waals surface area contributed by atoms with Crippen molar-refractivity contribution in [3.8, 4) is 6.07 Å². The molecule has 15 heavy (non-hydrogen) atoms. The first kappa shape index (κ1) is 12.3. The number of ether oxygens (including phenoxy) is 1. The van der Waals surface area contributed by atoms with E-state index in [4.69, 9.17) is 38.3 Å². The lowest BCUT2D eigenvalue weighted by Gasteiger charge is -2.11. The van der Waals surface area contributed by atoms with Crippen LogP contribution in [0.1, 0.15) is 11.7 Å². The zero-order valence-electron chi connectivity index (χ0n) is 7.78. The van der Waals surface area contributed by atoms with Crippen LogP contribution >= 0.6 is 23.2 Å². The van der Waals surface area contributed by atoms with Crippen LogP contribution < -0.4 is 0 Å². The summed E-state index contributed by atoms with van der Waals surface area (Å²) in [4.78, 5) is 0. The van der Waals surface area contributed by atoms with E-state index in [-0.39, 0.29) is 13.2 Å². The van der Waals surface area contributed by atoms with Gasteiger partial charge in [0.25, 0.3) is 0 Å². The SMILES string of the molecule is N#CC(OCCO)c1cc(Cl)ccc1Cl. The number of rotatable bonds is 4. The third kappa shape index (κ3) is 3.37. The predicted octanol–water partition coefficient (Wildman–Crippen LogP) is 2.57. The van der Waals surface area contributed by atoms with Gasteiger partial charge in [-0.15, -0.1) is 0 Å². The highest BCUT2D eigenvalue weighted by molar-refractivity contribution is 6.33. The molecule has 1 aromatic rings. The molecule has 0 aliphatic rings. The second-order valence-corrected chi connectivity index (χ2v) is 3.61. The molecule has 0 aliphatic heterocycles. The smallest absolute Gasteiger partial charge is 0.170 e. The Morgan fingerprint density at radius 1 is 1.47 bits per heavy atom. The Morgan fingerprint density at radius 2 is 2.20 bits per heavy atom. The molecular weight excluding hydrogens is 237 g/mol. The van der Waals surface area contributed by atoms with Gasteiger partial charge < -0.3 is 9.84 Å². The molecular formula is C10H9Cl2NO2. The van der Waals surface area contributed by atoms with Gasteiger partial charge in [0, 0.05) is 15.6 Å². The molecule has 3 nitrogen and oxygen atoms in total. The molecule has 1 unspecified atom stereocenters. The van der Waals surface area contributed by atoms with Gasteiger partial charge in [0.05, 0.1) is 19.3 Å². The van der Waals surface area contributed by atoms with E-state index in [0.29, 0.717) is 15.6 Å². The van der Waals surface area contributed by atoms with Gasteiger partial charge in [-0.3, -0.25) is 0 Å². The van der Waals surface area contributed by atoms with E-state index in [1.165, 1.54) is 0 Å². The van der Waals surface area contributed by atoms with E-state index in [1.54, 1.807) is 18.2 Å². The molecule has 0 radical (unpaired) electrons. The Hall–Kier alpha value is -0.790. The van der Waals surface area contributed by atoms with Crippen LogP contribution in [0.2, 0.25) is 10.0 Å². The molecule has 80 valence electrons. The topological polar surface area (TPSA) is 53.2 Å². The molecule has 0 spiro atoms. The molecule has 1 atom stereocenters. The summed E-state index contributed by atoms with van der Waals surface area (Å²) in [5, 5.41) is 18.4. The van der Waals surface area contributed by atoms with E-state index >= 15 is 0 Å². The average Bonchev–Trinajstić information content (AvgIpc) is 2.24. The van der Waals surface area contributed by atoms with Crippen molar-refractivity contribution in [2.75, 3.05) is 13.2 Å². The van der Waals surface area contributed by atoms with Gasteiger partial charge in [-0.25, -0.2) is 0 Å². The first-order valence-corrected chi connectivity index (χ1v) is 5.01. The molecule has 0 fully saturated rings. The second-order valence-electron chi connectivity index (χ2n) is 2.77. The zero-order chi connectivity index (χ0) is 11.3. The molecule has 0 aliphatic carbocycles. The third-order valence-corrected chi connectivity index (χ3v) is 2.31. The molecule has 0 bridgehead atoms. The summed E-state index contributed by atoms with van der Waals surface area (Å²) < 4.78 is 5.11. The largest absolute Gasteiger partial charge is 0.394 e. The highest BCUT2D eigenvalue weighted by atomic mass is 35.5. The van der Waals surface area contributed by atoms with Gasteiger partial charge in [-0.1, -0.05) is 23.2 Å². The molecule has 0 saturated carbocycles. The molecule has 0 amide bonds. The first-order valence-electron chi connectivity index (χ1n) is 4.26. The maximum absolute atomic E-state index is 8.86. The van der Waals surface area contributed by atoms with Crippen LogP contribution in [0.5, 0.6) is 0 Å². The van der Waals surface area contributed by atoms with Crippen molar-refractivity contribution in [3.63, 3.8) is 0 Å². The van der Waals surface area contributed by atoms with Crippen LogP contribution in [0.3, 0.4) is 0 Å². The number of aliphatic hydroxyl groups excluding tert-OH is 1. The Kier molecular flexibility index (Phi) is 4.86. The van der Waals surface area contributed by atoms with Gasteiger partial charge in [0.15, 0.2) is 6.10 Å². The number of nitriles is 1. The number of halogens is 2. The van der Waals surface area contributed by atoms with Crippen LogP contribution in [0.25, 0.3) is 0 Å².